The Morgan fingerprint density at radius 2 is 1.38 bits per heavy atom. The molecule has 0 aliphatic heterocycles. The zero-order valence-corrected chi connectivity index (χ0v) is 17.5. The van der Waals surface area contributed by atoms with E-state index in [4.69, 9.17) is 0 Å². The molecule has 0 radical (unpaired) electrons. The molecule has 10 heteroatoms. The van der Waals surface area contributed by atoms with Crippen molar-refractivity contribution in [2.75, 3.05) is 44.5 Å². The number of hydrogen-bond acceptors (Lipinski definition) is 8. The molecule has 156 valence electrons. The van der Waals surface area contributed by atoms with E-state index in [0.717, 1.165) is 6.42 Å². The van der Waals surface area contributed by atoms with E-state index >= 15 is 0 Å². The number of hydrogen-bond donors (Lipinski definition) is 2. The lowest BCUT2D eigenvalue weighted by Crippen LogP contribution is -2.44. The highest BCUT2D eigenvalue weighted by Gasteiger charge is 2.17. The van der Waals surface area contributed by atoms with E-state index in [-0.39, 0.29) is 35.8 Å². The van der Waals surface area contributed by atoms with Crippen molar-refractivity contribution < 1.29 is 9.59 Å². The van der Waals surface area contributed by atoms with Gasteiger partial charge < -0.3 is 20.4 Å². The summed E-state index contributed by atoms with van der Waals surface area (Å²) in [4.78, 5) is 28.4. The van der Waals surface area contributed by atoms with E-state index < -0.39 is 0 Å². The monoisotopic (exact) mass is 400 g/mol. The summed E-state index contributed by atoms with van der Waals surface area (Å²) in [6.45, 7) is 2.29. The number of amides is 2. The Hall–Kier alpha value is -3.30. The molecule has 2 rings (SSSR count). The Kier molecular flexibility index (Phi) is 7.81. The lowest BCUT2D eigenvalue weighted by molar-refractivity contribution is 0.0900. The number of carbonyl (C=O) groups is 2. The van der Waals surface area contributed by atoms with Crippen molar-refractivity contribution in [1.82, 2.24) is 31.0 Å². The van der Waals surface area contributed by atoms with Crippen LogP contribution in [0.25, 0.3) is 0 Å². The summed E-state index contributed by atoms with van der Waals surface area (Å²) in [5, 5.41) is 21.6. The fourth-order valence-corrected chi connectivity index (χ4v) is 2.51. The Morgan fingerprint density at radius 3 is 1.79 bits per heavy atom. The number of nitrogens with zero attached hydrogens (tertiary/aromatic N) is 6. The van der Waals surface area contributed by atoms with Crippen LogP contribution in [-0.2, 0) is 0 Å². The molecule has 2 amide bonds. The predicted molar refractivity (Wildman–Crippen MR) is 111 cm³/mol. The molecule has 2 aromatic rings. The van der Waals surface area contributed by atoms with Crippen LogP contribution in [0, 0.1) is 0 Å². The van der Waals surface area contributed by atoms with Crippen molar-refractivity contribution in [3.05, 3.63) is 35.7 Å². The maximum atomic E-state index is 12.5. The topological polar surface area (TPSA) is 116 Å². The molecule has 0 saturated carbocycles. The first-order chi connectivity index (χ1) is 13.8. The van der Waals surface area contributed by atoms with Crippen LogP contribution in [0.5, 0.6) is 0 Å². The van der Waals surface area contributed by atoms with Gasteiger partial charge >= 0.3 is 0 Å². The number of anilines is 2. The van der Waals surface area contributed by atoms with Gasteiger partial charge in [0.15, 0.2) is 23.0 Å². The average molecular weight is 400 g/mol. The molecule has 0 aliphatic carbocycles. The molecule has 2 aromatic heterocycles. The lowest BCUT2D eigenvalue weighted by Gasteiger charge is -2.18. The van der Waals surface area contributed by atoms with Gasteiger partial charge in [-0.2, -0.15) is 0 Å². The van der Waals surface area contributed by atoms with Crippen molar-refractivity contribution in [2.24, 2.45) is 0 Å². The zero-order chi connectivity index (χ0) is 21.4. The molecule has 1 atom stereocenters. The molecular formula is C19H28N8O2. The van der Waals surface area contributed by atoms with Crippen LogP contribution >= 0.6 is 0 Å². The van der Waals surface area contributed by atoms with Crippen molar-refractivity contribution in [3.63, 3.8) is 0 Å². The van der Waals surface area contributed by atoms with E-state index in [0.29, 0.717) is 18.1 Å². The molecule has 0 spiro atoms. The summed E-state index contributed by atoms with van der Waals surface area (Å²) in [6.07, 6.45) is 1.56. The third-order valence-corrected chi connectivity index (χ3v) is 4.16. The van der Waals surface area contributed by atoms with Gasteiger partial charge in [0.2, 0.25) is 0 Å². The van der Waals surface area contributed by atoms with Crippen LogP contribution in [0.4, 0.5) is 11.6 Å². The Labute approximate surface area is 170 Å². The summed E-state index contributed by atoms with van der Waals surface area (Å²) in [6, 6.07) is 6.46. The first kappa shape index (κ1) is 22.0. The number of aromatic nitrogens is 4. The van der Waals surface area contributed by atoms with Gasteiger partial charge in [-0.05, 0) is 30.7 Å². The maximum Gasteiger partial charge on any atom is 0.272 e. The summed E-state index contributed by atoms with van der Waals surface area (Å²) < 4.78 is 0. The summed E-state index contributed by atoms with van der Waals surface area (Å²) in [5.41, 5.74) is 0.454. The molecule has 2 N–H and O–H groups in total. The van der Waals surface area contributed by atoms with Crippen molar-refractivity contribution in [2.45, 2.75) is 25.8 Å². The van der Waals surface area contributed by atoms with Gasteiger partial charge in [-0.15, -0.1) is 20.4 Å². The van der Waals surface area contributed by atoms with E-state index in [1.54, 1.807) is 34.1 Å². The van der Waals surface area contributed by atoms with E-state index in [1.165, 1.54) is 0 Å². The highest BCUT2D eigenvalue weighted by atomic mass is 16.2. The van der Waals surface area contributed by atoms with Crippen molar-refractivity contribution in [3.8, 4) is 0 Å². The number of carbonyl (C=O) groups excluding carboxylic acids is 2. The van der Waals surface area contributed by atoms with Gasteiger partial charge in [-0.25, -0.2) is 0 Å². The molecule has 0 aromatic carbocycles. The molecule has 1 unspecified atom stereocenters. The van der Waals surface area contributed by atoms with Gasteiger partial charge in [0, 0.05) is 40.8 Å². The van der Waals surface area contributed by atoms with Gasteiger partial charge in [0.05, 0.1) is 0 Å². The second kappa shape index (κ2) is 10.3. The summed E-state index contributed by atoms with van der Waals surface area (Å²) in [7, 11) is 7.39. The van der Waals surface area contributed by atoms with Crippen LogP contribution in [0.2, 0.25) is 0 Å². The van der Waals surface area contributed by atoms with Gasteiger partial charge in [0.25, 0.3) is 11.8 Å². The molecular weight excluding hydrogens is 372 g/mol. The van der Waals surface area contributed by atoms with Crippen LogP contribution in [0.3, 0.4) is 0 Å². The standard InChI is InChI=1S/C19H28N8O2/c1-6-7-13(21-19(29)15-9-11-17(25-23-15)27(4)5)12-20-18(28)14-8-10-16(24-22-14)26(2)3/h8-11,13H,6-7,12H2,1-5H3,(H,20,28)(H,21,29). The molecule has 29 heavy (non-hydrogen) atoms. The van der Waals surface area contributed by atoms with Gasteiger partial charge in [0.1, 0.15) is 0 Å². The van der Waals surface area contributed by atoms with Crippen molar-refractivity contribution >= 4 is 23.5 Å². The Bertz CT molecular complexity index is 806. The highest BCUT2D eigenvalue weighted by Crippen LogP contribution is 2.07. The molecule has 0 saturated heterocycles. The summed E-state index contributed by atoms with van der Waals surface area (Å²) >= 11 is 0. The highest BCUT2D eigenvalue weighted by molar-refractivity contribution is 5.93. The van der Waals surface area contributed by atoms with Gasteiger partial charge in [-0.1, -0.05) is 13.3 Å². The fraction of sp³-hybridized carbons (Fsp3) is 0.474. The van der Waals surface area contributed by atoms with E-state index in [2.05, 4.69) is 31.0 Å². The first-order valence-electron chi connectivity index (χ1n) is 9.43. The SMILES string of the molecule is CCCC(CNC(=O)c1ccc(N(C)C)nn1)NC(=O)c1ccc(N(C)C)nn1. The first-order valence-corrected chi connectivity index (χ1v) is 9.43. The third kappa shape index (κ3) is 6.37. The molecule has 0 fully saturated rings. The van der Waals surface area contributed by atoms with Crippen LogP contribution in [-0.4, -0.2) is 73.0 Å². The van der Waals surface area contributed by atoms with Gasteiger partial charge in [-0.3, -0.25) is 9.59 Å². The Balaban J connectivity index is 1.94. The minimum absolute atomic E-state index is 0.224. The molecule has 0 aliphatic rings. The van der Waals surface area contributed by atoms with Crippen LogP contribution < -0.4 is 20.4 Å². The molecule has 2 heterocycles. The lowest BCUT2D eigenvalue weighted by atomic mass is 10.1. The smallest absolute Gasteiger partial charge is 0.272 e. The second-order valence-electron chi connectivity index (χ2n) is 7.01. The quantitative estimate of drug-likeness (QED) is 0.633. The van der Waals surface area contributed by atoms with E-state index in [1.807, 2.05) is 35.1 Å². The zero-order valence-electron chi connectivity index (χ0n) is 17.5. The predicted octanol–water partition coefficient (Wildman–Crippen LogP) is 0.727. The minimum Gasteiger partial charge on any atom is -0.361 e. The van der Waals surface area contributed by atoms with Crippen LogP contribution in [0.1, 0.15) is 40.7 Å². The maximum absolute atomic E-state index is 12.5. The molecule has 10 nitrogen and oxygen atoms in total. The van der Waals surface area contributed by atoms with Crippen molar-refractivity contribution in [1.29, 1.82) is 0 Å². The van der Waals surface area contributed by atoms with E-state index in [9.17, 15) is 9.59 Å². The summed E-state index contributed by atoms with van der Waals surface area (Å²) in [5.74, 6) is 0.665. The largest absolute Gasteiger partial charge is 0.361 e. The van der Waals surface area contributed by atoms with Crippen LogP contribution in [0.15, 0.2) is 24.3 Å². The minimum atomic E-state index is -0.340. The average Bonchev–Trinajstić information content (AvgIpc) is 2.72. The third-order valence-electron chi connectivity index (χ3n) is 4.16. The fourth-order valence-electron chi connectivity index (χ4n) is 2.51. The Morgan fingerprint density at radius 1 is 0.862 bits per heavy atom. The second-order valence-corrected chi connectivity index (χ2v) is 7.01. The number of nitrogens with one attached hydrogen (secondary N) is 2. The normalized spacial score (nSPS) is 11.5. The number of rotatable bonds is 9. The molecule has 0 bridgehead atoms.